The van der Waals surface area contributed by atoms with Crippen LogP contribution in [0, 0.1) is 0 Å². The molecule has 0 fully saturated rings. The normalized spacial score (nSPS) is 11.0. The largest absolute Gasteiger partial charge is 0.497 e. The quantitative estimate of drug-likeness (QED) is 0.326. The second kappa shape index (κ2) is 10.9. The maximum Gasteiger partial charge on any atom is 0.337 e. The molecule has 0 aliphatic rings. The van der Waals surface area contributed by atoms with E-state index in [0.717, 1.165) is 5.56 Å². The Morgan fingerprint density at radius 1 is 1.00 bits per heavy atom. The van der Waals surface area contributed by atoms with E-state index in [1.54, 1.807) is 54.9 Å². The number of ether oxygens (including phenoxy) is 2. The van der Waals surface area contributed by atoms with Crippen molar-refractivity contribution < 1.29 is 27.8 Å². The number of rotatable bonds is 10. The zero-order chi connectivity index (χ0) is 25.5. The number of nitrogens with zero attached hydrogens (tertiary/aromatic N) is 2. The van der Waals surface area contributed by atoms with E-state index in [0.29, 0.717) is 17.1 Å². The molecule has 184 valence electrons. The molecule has 10 heteroatoms. The summed E-state index contributed by atoms with van der Waals surface area (Å²) in [6.45, 7) is 0.168. The zero-order valence-electron chi connectivity index (χ0n) is 19.3. The first kappa shape index (κ1) is 24.7. The molecule has 4 aromatic rings. The number of methoxy groups -OCH3 is 1. The van der Waals surface area contributed by atoms with Crippen LogP contribution in [0.3, 0.4) is 0 Å². The fourth-order valence-electron chi connectivity index (χ4n) is 3.51. The molecule has 0 radical (unpaired) electrons. The van der Waals surface area contributed by atoms with Gasteiger partial charge in [0.05, 0.1) is 23.3 Å². The van der Waals surface area contributed by atoms with E-state index in [-0.39, 0.29) is 34.3 Å². The lowest BCUT2D eigenvalue weighted by molar-refractivity contribution is 0.0697. The number of benzene rings is 2. The summed E-state index contributed by atoms with van der Waals surface area (Å²) in [6.07, 6.45) is 4.70. The number of aromatic nitrogens is 2. The number of anilines is 1. The summed E-state index contributed by atoms with van der Waals surface area (Å²) in [6, 6.07) is 17.5. The van der Waals surface area contributed by atoms with Crippen LogP contribution in [0.2, 0.25) is 0 Å². The van der Waals surface area contributed by atoms with E-state index in [4.69, 9.17) is 9.47 Å². The van der Waals surface area contributed by atoms with Crippen LogP contribution in [0.15, 0.2) is 95.2 Å². The smallest absolute Gasteiger partial charge is 0.337 e. The lowest BCUT2D eigenvalue weighted by Gasteiger charge is -2.17. The number of para-hydroxylation sites is 1. The average Bonchev–Trinajstić information content (AvgIpc) is 2.91. The number of carbonyl (C=O) groups is 1. The summed E-state index contributed by atoms with van der Waals surface area (Å²) in [5.74, 6) is -0.315. The Labute approximate surface area is 208 Å². The van der Waals surface area contributed by atoms with Gasteiger partial charge in [-0.25, -0.2) is 18.2 Å². The fourth-order valence-corrected chi connectivity index (χ4v) is 4.91. The van der Waals surface area contributed by atoms with Crippen molar-refractivity contribution >= 4 is 21.5 Å². The highest BCUT2D eigenvalue weighted by Gasteiger charge is 2.24. The number of hydrogen-bond acceptors (Lipinski definition) is 8. The third-order valence-electron chi connectivity index (χ3n) is 5.30. The summed E-state index contributed by atoms with van der Waals surface area (Å²) < 4.78 is 37.6. The highest BCUT2D eigenvalue weighted by molar-refractivity contribution is 7.91. The van der Waals surface area contributed by atoms with Crippen molar-refractivity contribution in [1.82, 2.24) is 9.97 Å². The molecule has 9 nitrogen and oxygen atoms in total. The van der Waals surface area contributed by atoms with Gasteiger partial charge in [0.25, 0.3) is 0 Å². The highest BCUT2D eigenvalue weighted by Crippen LogP contribution is 2.31. The van der Waals surface area contributed by atoms with E-state index in [1.807, 2.05) is 6.07 Å². The molecular weight excluding hydrogens is 482 g/mol. The van der Waals surface area contributed by atoms with Crippen LogP contribution in [-0.2, 0) is 23.0 Å². The Bertz CT molecular complexity index is 1460. The Hall–Kier alpha value is -4.44. The summed E-state index contributed by atoms with van der Waals surface area (Å²) >= 11 is 0. The first-order valence-electron chi connectivity index (χ1n) is 10.8. The second-order valence-electron chi connectivity index (χ2n) is 7.63. The van der Waals surface area contributed by atoms with E-state index < -0.39 is 15.8 Å². The molecule has 2 aromatic carbocycles. The topological polar surface area (TPSA) is 128 Å². The SMILES string of the molecule is COc1ccc(S(=O)(=O)c2ncccc2CNc2c(OCc3cccnc3)cccc2C(=O)O)cc1. The number of carboxylic acid groups (broad SMARTS) is 1. The Morgan fingerprint density at radius 2 is 1.78 bits per heavy atom. The number of sulfone groups is 1. The van der Waals surface area contributed by atoms with Gasteiger partial charge in [-0.2, -0.15) is 0 Å². The second-order valence-corrected chi connectivity index (χ2v) is 9.50. The number of nitrogens with one attached hydrogen (secondary N) is 1. The van der Waals surface area contributed by atoms with Crippen molar-refractivity contribution in [2.24, 2.45) is 0 Å². The van der Waals surface area contributed by atoms with Crippen LogP contribution in [0.4, 0.5) is 5.69 Å². The molecule has 2 heterocycles. The predicted molar refractivity (Wildman–Crippen MR) is 132 cm³/mol. The van der Waals surface area contributed by atoms with Gasteiger partial charge in [0.1, 0.15) is 18.1 Å². The lowest BCUT2D eigenvalue weighted by atomic mass is 10.1. The van der Waals surface area contributed by atoms with E-state index >= 15 is 0 Å². The van der Waals surface area contributed by atoms with Gasteiger partial charge in [0.15, 0.2) is 5.03 Å². The van der Waals surface area contributed by atoms with Gasteiger partial charge in [-0.3, -0.25) is 4.98 Å². The summed E-state index contributed by atoms with van der Waals surface area (Å²) in [5, 5.41) is 12.6. The van der Waals surface area contributed by atoms with Crippen molar-refractivity contribution in [3.8, 4) is 11.5 Å². The minimum absolute atomic E-state index is 0.00783. The van der Waals surface area contributed by atoms with Crippen molar-refractivity contribution in [3.63, 3.8) is 0 Å². The van der Waals surface area contributed by atoms with Gasteiger partial charge < -0.3 is 19.9 Å². The van der Waals surface area contributed by atoms with Gasteiger partial charge in [-0.1, -0.05) is 18.2 Å². The van der Waals surface area contributed by atoms with Crippen molar-refractivity contribution in [2.75, 3.05) is 12.4 Å². The van der Waals surface area contributed by atoms with E-state index in [2.05, 4.69) is 15.3 Å². The first-order valence-corrected chi connectivity index (χ1v) is 12.3. The third-order valence-corrected chi connectivity index (χ3v) is 7.07. The number of pyridine rings is 2. The molecule has 0 bridgehead atoms. The Morgan fingerprint density at radius 3 is 2.47 bits per heavy atom. The van der Waals surface area contributed by atoms with Crippen LogP contribution in [-0.4, -0.2) is 36.6 Å². The van der Waals surface area contributed by atoms with Gasteiger partial charge in [-0.15, -0.1) is 0 Å². The highest BCUT2D eigenvalue weighted by atomic mass is 32.2. The molecule has 2 N–H and O–H groups in total. The first-order chi connectivity index (χ1) is 17.4. The molecule has 0 unspecified atom stereocenters. The zero-order valence-corrected chi connectivity index (χ0v) is 20.1. The minimum Gasteiger partial charge on any atom is -0.497 e. The van der Waals surface area contributed by atoms with Crippen molar-refractivity contribution in [2.45, 2.75) is 23.1 Å². The van der Waals surface area contributed by atoms with Crippen LogP contribution in [0.25, 0.3) is 0 Å². The summed E-state index contributed by atoms with van der Waals surface area (Å²) in [7, 11) is -2.45. The molecule has 0 amide bonds. The standard InChI is InChI=1S/C26H23N3O6S/c1-34-20-9-11-21(12-10-20)36(32,33)25-19(6-4-14-28-25)16-29-24-22(26(30)31)7-2-8-23(24)35-17-18-5-3-13-27-15-18/h2-15,29H,16-17H2,1H3,(H,30,31). The molecule has 0 aliphatic carbocycles. The summed E-state index contributed by atoms with van der Waals surface area (Å²) in [5.41, 5.74) is 1.39. The van der Waals surface area contributed by atoms with Gasteiger partial charge in [0, 0.05) is 36.3 Å². The van der Waals surface area contributed by atoms with Gasteiger partial charge in [-0.05, 0) is 48.5 Å². The van der Waals surface area contributed by atoms with E-state index in [9.17, 15) is 18.3 Å². The van der Waals surface area contributed by atoms with Gasteiger partial charge >= 0.3 is 5.97 Å². The third kappa shape index (κ3) is 5.44. The van der Waals surface area contributed by atoms with Crippen molar-refractivity contribution in [3.05, 3.63) is 102 Å². The molecule has 0 atom stereocenters. The van der Waals surface area contributed by atoms with E-state index in [1.165, 1.54) is 31.5 Å². The fraction of sp³-hybridized carbons (Fsp3) is 0.115. The Kier molecular flexibility index (Phi) is 7.45. The molecule has 0 aliphatic heterocycles. The monoisotopic (exact) mass is 505 g/mol. The molecule has 0 saturated carbocycles. The molecular formula is C26H23N3O6S. The Balaban J connectivity index is 1.63. The number of carboxylic acids is 1. The number of aromatic carboxylic acids is 1. The minimum atomic E-state index is -3.94. The average molecular weight is 506 g/mol. The molecule has 0 saturated heterocycles. The maximum atomic E-state index is 13.3. The predicted octanol–water partition coefficient (Wildman–Crippen LogP) is 4.21. The van der Waals surface area contributed by atoms with Crippen molar-refractivity contribution in [1.29, 1.82) is 0 Å². The maximum absolute atomic E-state index is 13.3. The van der Waals surface area contributed by atoms with Crippen LogP contribution >= 0.6 is 0 Å². The van der Waals surface area contributed by atoms with Crippen LogP contribution in [0.1, 0.15) is 21.5 Å². The number of hydrogen-bond donors (Lipinski definition) is 2. The summed E-state index contributed by atoms with van der Waals surface area (Å²) in [4.78, 5) is 20.1. The van der Waals surface area contributed by atoms with Gasteiger partial charge in [0.2, 0.25) is 9.84 Å². The molecule has 2 aromatic heterocycles. The lowest BCUT2D eigenvalue weighted by Crippen LogP contribution is -2.13. The van der Waals surface area contributed by atoms with Crippen LogP contribution < -0.4 is 14.8 Å². The van der Waals surface area contributed by atoms with Crippen LogP contribution in [0.5, 0.6) is 11.5 Å². The molecule has 36 heavy (non-hydrogen) atoms. The molecule has 0 spiro atoms. The molecule has 4 rings (SSSR count).